The minimum absolute atomic E-state index is 0.00228. The molecule has 0 aromatic heterocycles. The summed E-state index contributed by atoms with van der Waals surface area (Å²) in [6.45, 7) is 10.1. The zero-order chi connectivity index (χ0) is 13.2. The Labute approximate surface area is 110 Å². The highest BCUT2D eigenvalue weighted by atomic mass is 16.5. The molecule has 0 aliphatic carbocycles. The summed E-state index contributed by atoms with van der Waals surface area (Å²) in [6, 6.07) is 8.88. The molecule has 1 aliphatic rings. The van der Waals surface area contributed by atoms with Gasteiger partial charge in [-0.15, -0.1) is 0 Å². The van der Waals surface area contributed by atoms with E-state index in [2.05, 4.69) is 49.9 Å². The lowest BCUT2D eigenvalue weighted by Gasteiger charge is -2.33. The second-order valence-corrected chi connectivity index (χ2v) is 5.66. The summed E-state index contributed by atoms with van der Waals surface area (Å²) in [5.74, 6) is 0. The summed E-state index contributed by atoms with van der Waals surface area (Å²) < 4.78 is 5.40. The number of rotatable bonds is 3. The molecule has 3 heteroatoms. The van der Waals surface area contributed by atoms with Crippen LogP contribution in [-0.2, 0) is 10.2 Å². The third-order valence-corrected chi connectivity index (χ3v) is 4.10. The van der Waals surface area contributed by atoms with Gasteiger partial charge in [0, 0.05) is 30.2 Å². The quantitative estimate of drug-likeness (QED) is 0.890. The van der Waals surface area contributed by atoms with Crippen molar-refractivity contribution in [2.24, 2.45) is 5.73 Å². The molecule has 1 heterocycles. The molecule has 1 fully saturated rings. The van der Waals surface area contributed by atoms with E-state index >= 15 is 0 Å². The fourth-order valence-corrected chi connectivity index (χ4v) is 2.19. The first kappa shape index (κ1) is 13.4. The molecule has 0 bridgehead atoms. The number of benzene rings is 1. The average molecular weight is 248 g/mol. The molecular formula is C15H24N2O. The van der Waals surface area contributed by atoms with Crippen molar-refractivity contribution in [3.05, 3.63) is 29.8 Å². The molecule has 18 heavy (non-hydrogen) atoms. The molecule has 100 valence electrons. The molecule has 1 aromatic carbocycles. The van der Waals surface area contributed by atoms with Gasteiger partial charge in [-0.05, 0) is 24.6 Å². The summed E-state index contributed by atoms with van der Waals surface area (Å²) in [7, 11) is 0. The SMILES string of the molecule is CC(N)C(C)(C)c1cccc(N2CCOCC2)c1. The van der Waals surface area contributed by atoms with E-state index in [1.165, 1.54) is 11.3 Å². The Bertz CT molecular complexity index is 395. The maximum Gasteiger partial charge on any atom is 0.0642 e. The van der Waals surface area contributed by atoms with Crippen LogP contribution in [0.5, 0.6) is 0 Å². The van der Waals surface area contributed by atoms with Gasteiger partial charge in [0.25, 0.3) is 0 Å². The second-order valence-electron chi connectivity index (χ2n) is 5.66. The van der Waals surface area contributed by atoms with Gasteiger partial charge in [-0.2, -0.15) is 0 Å². The Morgan fingerprint density at radius 3 is 2.56 bits per heavy atom. The lowest BCUT2D eigenvalue weighted by molar-refractivity contribution is 0.122. The first-order valence-corrected chi connectivity index (χ1v) is 6.70. The summed E-state index contributed by atoms with van der Waals surface area (Å²) in [6.07, 6.45) is 0. The Kier molecular flexibility index (Phi) is 3.93. The van der Waals surface area contributed by atoms with E-state index in [0.29, 0.717) is 0 Å². The van der Waals surface area contributed by atoms with Crippen LogP contribution in [0.1, 0.15) is 26.3 Å². The van der Waals surface area contributed by atoms with Gasteiger partial charge in [0.2, 0.25) is 0 Å². The maximum absolute atomic E-state index is 6.10. The third kappa shape index (κ3) is 2.68. The van der Waals surface area contributed by atoms with Crippen LogP contribution in [0.4, 0.5) is 5.69 Å². The van der Waals surface area contributed by atoms with Crippen LogP contribution in [0.2, 0.25) is 0 Å². The topological polar surface area (TPSA) is 38.5 Å². The highest BCUT2D eigenvalue weighted by Gasteiger charge is 2.25. The molecule has 3 nitrogen and oxygen atoms in total. The lowest BCUT2D eigenvalue weighted by Crippen LogP contribution is -2.39. The predicted molar refractivity (Wildman–Crippen MR) is 76.1 cm³/mol. The Morgan fingerprint density at radius 2 is 1.94 bits per heavy atom. The smallest absolute Gasteiger partial charge is 0.0642 e. The molecule has 0 radical (unpaired) electrons. The van der Waals surface area contributed by atoms with E-state index in [1.807, 2.05) is 0 Å². The molecule has 1 saturated heterocycles. The molecule has 0 amide bonds. The van der Waals surface area contributed by atoms with E-state index in [1.54, 1.807) is 0 Å². The minimum Gasteiger partial charge on any atom is -0.378 e. The van der Waals surface area contributed by atoms with Gasteiger partial charge in [0.05, 0.1) is 13.2 Å². The standard InChI is InChI=1S/C15H24N2O/c1-12(16)15(2,3)13-5-4-6-14(11-13)17-7-9-18-10-8-17/h4-6,11-12H,7-10,16H2,1-3H3. The van der Waals surface area contributed by atoms with Gasteiger partial charge >= 0.3 is 0 Å². The van der Waals surface area contributed by atoms with Crippen molar-refractivity contribution >= 4 is 5.69 Å². The first-order valence-electron chi connectivity index (χ1n) is 6.70. The van der Waals surface area contributed by atoms with Crippen LogP contribution in [-0.4, -0.2) is 32.3 Å². The van der Waals surface area contributed by atoms with Crippen LogP contribution in [0.25, 0.3) is 0 Å². The van der Waals surface area contributed by atoms with Crippen molar-refractivity contribution in [1.29, 1.82) is 0 Å². The lowest BCUT2D eigenvalue weighted by atomic mass is 9.79. The predicted octanol–water partition coefficient (Wildman–Crippen LogP) is 2.15. The Morgan fingerprint density at radius 1 is 1.28 bits per heavy atom. The van der Waals surface area contributed by atoms with E-state index in [0.717, 1.165) is 26.3 Å². The number of anilines is 1. The maximum atomic E-state index is 6.10. The van der Waals surface area contributed by atoms with E-state index in [9.17, 15) is 0 Å². The van der Waals surface area contributed by atoms with Crippen molar-refractivity contribution in [2.75, 3.05) is 31.2 Å². The second kappa shape index (κ2) is 5.29. The number of ether oxygens (including phenoxy) is 1. The number of nitrogens with zero attached hydrogens (tertiary/aromatic N) is 1. The van der Waals surface area contributed by atoms with Crippen LogP contribution < -0.4 is 10.6 Å². The van der Waals surface area contributed by atoms with E-state index in [-0.39, 0.29) is 11.5 Å². The van der Waals surface area contributed by atoms with Gasteiger partial charge in [-0.3, -0.25) is 0 Å². The molecular weight excluding hydrogens is 224 g/mol. The fourth-order valence-electron chi connectivity index (χ4n) is 2.19. The number of nitrogens with two attached hydrogens (primary N) is 1. The van der Waals surface area contributed by atoms with Crippen molar-refractivity contribution in [2.45, 2.75) is 32.2 Å². The van der Waals surface area contributed by atoms with Crippen molar-refractivity contribution < 1.29 is 4.74 Å². The summed E-state index contributed by atoms with van der Waals surface area (Å²) in [4.78, 5) is 2.38. The summed E-state index contributed by atoms with van der Waals surface area (Å²) in [5, 5.41) is 0. The number of hydrogen-bond donors (Lipinski definition) is 1. The van der Waals surface area contributed by atoms with Crippen molar-refractivity contribution in [1.82, 2.24) is 0 Å². The van der Waals surface area contributed by atoms with Crippen LogP contribution in [0, 0.1) is 0 Å². The largest absolute Gasteiger partial charge is 0.378 e. The molecule has 1 unspecified atom stereocenters. The highest BCUT2D eigenvalue weighted by Crippen LogP contribution is 2.29. The molecule has 2 rings (SSSR count). The molecule has 0 saturated carbocycles. The minimum atomic E-state index is 0.00228. The van der Waals surface area contributed by atoms with Crippen LogP contribution in [0.15, 0.2) is 24.3 Å². The van der Waals surface area contributed by atoms with Crippen LogP contribution >= 0.6 is 0 Å². The van der Waals surface area contributed by atoms with Gasteiger partial charge in [-0.1, -0.05) is 26.0 Å². The Balaban J connectivity index is 2.24. The van der Waals surface area contributed by atoms with E-state index < -0.39 is 0 Å². The van der Waals surface area contributed by atoms with Gasteiger partial charge < -0.3 is 15.4 Å². The third-order valence-electron chi connectivity index (χ3n) is 4.10. The molecule has 1 aliphatic heterocycles. The number of hydrogen-bond acceptors (Lipinski definition) is 3. The molecule has 1 aromatic rings. The van der Waals surface area contributed by atoms with Gasteiger partial charge in [0.1, 0.15) is 0 Å². The van der Waals surface area contributed by atoms with E-state index in [4.69, 9.17) is 10.5 Å². The zero-order valence-corrected chi connectivity index (χ0v) is 11.6. The Hall–Kier alpha value is -1.06. The fraction of sp³-hybridized carbons (Fsp3) is 0.600. The summed E-state index contributed by atoms with van der Waals surface area (Å²) in [5.41, 5.74) is 8.69. The van der Waals surface area contributed by atoms with Gasteiger partial charge in [-0.25, -0.2) is 0 Å². The van der Waals surface area contributed by atoms with Crippen molar-refractivity contribution in [3.8, 4) is 0 Å². The first-order chi connectivity index (χ1) is 8.51. The molecule has 0 spiro atoms. The average Bonchev–Trinajstić information content (AvgIpc) is 2.40. The van der Waals surface area contributed by atoms with Crippen molar-refractivity contribution in [3.63, 3.8) is 0 Å². The highest BCUT2D eigenvalue weighted by molar-refractivity contribution is 5.50. The normalized spacial score (nSPS) is 18.8. The summed E-state index contributed by atoms with van der Waals surface area (Å²) >= 11 is 0. The van der Waals surface area contributed by atoms with Gasteiger partial charge in [0.15, 0.2) is 0 Å². The van der Waals surface area contributed by atoms with Crippen LogP contribution in [0.3, 0.4) is 0 Å². The number of morpholine rings is 1. The molecule has 1 atom stereocenters. The molecule has 2 N–H and O–H groups in total. The zero-order valence-electron chi connectivity index (χ0n) is 11.6. The monoisotopic (exact) mass is 248 g/mol.